The van der Waals surface area contributed by atoms with Crippen molar-refractivity contribution in [2.24, 2.45) is 0 Å². The maximum Gasteiger partial charge on any atom is 0.307 e. The number of hydrogen-bond donors (Lipinski definition) is 1. The summed E-state index contributed by atoms with van der Waals surface area (Å²) >= 11 is 3.31. The van der Waals surface area contributed by atoms with E-state index in [9.17, 15) is 9.59 Å². The number of nitrogens with one attached hydrogen (secondary N) is 1. The maximum atomic E-state index is 11.9. The molecule has 0 aliphatic carbocycles. The Morgan fingerprint density at radius 1 is 1.04 bits per heavy atom. The van der Waals surface area contributed by atoms with Crippen molar-refractivity contribution in [1.29, 1.82) is 0 Å². The Labute approximate surface area is 149 Å². The Kier molecular flexibility index (Phi) is 7.23. The molecule has 5 heteroatoms. The van der Waals surface area contributed by atoms with Gasteiger partial charge in [-0.15, -0.1) is 0 Å². The highest BCUT2D eigenvalue weighted by Gasteiger charge is 2.06. The SMILES string of the molecule is O=C(CCNC(=O)c1ccc(Br)cc1)OC/C=C/c1ccccc1. The van der Waals surface area contributed by atoms with E-state index in [-0.39, 0.29) is 31.4 Å². The van der Waals surface area contributed by atoms with Gasteiger partial charge in [0.25, 0.3) is 5.91 Å². The van der Waals surface area contributed by atoms with Crippen molar-refractivity contribution >= 4 is 33.9 Å². The molecule has 0 saturated heterocycles. The Morgan fingerprint density at radius 2 is 1.75 bits per heavy atom. The van der Waals surface area contributed by atoms with E-state index in [1.807, 2.05) is 36.4 Å². The molecule has 1 amide bonds. The first-order chi connectivity index (χ1) is 11.6. The van der Waals surface area contributed by atoms with Gasteiger partial charge in [-0.3, -0.25) is 9.59 Å². The van der Waals surface area contributed by atoms with E-state index < -0.39 is 0 Å². The fourth-order valence-corrected chi connectivity index (χ4v) is 2.21. The highest BCUT2D eigenvalue weighted by atomic mass is 79.9. The molecule has 0 fully saturated rings. The number of ether oxygens (including phenoxy) is 1. The summed E-state index contributed by atoms with van der Waals surface area (Å²) < 4.78 is 5.99. The molecule has 1 N–H and O–H groups in total. The van der Waals surface area contributed by atoms with E-state index in [2.05, 4.69) is 21.2 Å². The summed E-state index contributed by atoms with van der Waals surface area (Å²) in [4.78, 5) is 23.5. The molecule has 24 heavy (non-hydrogen) atoms. The Bertz CT molecular complexity index is 696. The maximum absolute atomic E-state index is 11.9. The molecule has 124 valence electrons. The van der Waals surface area contributed by atoms with Crippen LogP contribution in [0.15, 0.2) is 65.1 Å². The third-order valence-corrected chi connectivity index (χ3v) is 3.70. The van der Waals surface area contributed by atoms with Gasteiger partial charge in [-0.1, -0.05) is 52.3 Å². The van der Waals surface area contributed by atoms with Crippen molar-refractivity contribution < 1.29 is 14.3 Å². The Balaban J connectivity index is 1.63. The minimum Gasteiger partial charge on any atom is -0.461 e. The molecule has 0 spiro atoms. The van der Waals surface area contributed by atoms with Crippen LogP contribution in [0.25, 0.3) is 6.08 Å². The molecule has 2 aromatic rings. The second-order valence-electron chi connectivity index (χ2n) is 5.01. The summed E-state index contributed by atoms with van der Waals surface area (Å²) in [6.07, 6.45) is 3.82. The predicted molar refractivity (Wildman–Crippen MR) is 97.5 cm³/mol. The summed E-state index contributed by atoms with van der Waals surface area (Å²) in [6.45, 7) is 0.463. The molecule has 0 unspecified atom stereocenters. The van der Waals surface area contributed by atoms with Gasteiger partial charge < -0.3 is 10.1 Å². The van der Waals surface area contributed by atoms with Crippen LogP contribution in [-0.2, 0) is 9.53 Å². The molecular weight excluding hydrogens is 370 g/mol. The quantitative estimate of drug-likeness (QED) is 0.734. The molecule has 0 atom stereocenters. The summed E-state index contributed by atoms with van der Waals surface area (Å²) in [5, 5.41) is 2.69. The smallest absolute Gasteiger partial charge is 0.307 e. The number of benzene rings is 2. The minimum atomic E-state index is -0.344. The summed E-state index contributed by atoms with van der Waals surface area (Å²) in [7, 11) is 0. The Morgan fingerprint density at radius 3 is 2.46 bits per heavy atom. The predicted octanol–water partition coefficient (Wildman–Crippen LogP) is 3.83. The van der Waals surface area contributed by atoms with E-state index in [0.717, 1.165) is 10.0 Å². The fraction of sp³-hybridized carbons (Fsp3) is 0.158. The second-order valence-corrected chi connectivity index (χ2v) is 5.92. The first kappa shape index (κ1) is 17.9. The second kappa shape index (κ2) is 9.67. The third kappa shape index (κ3) is 6.38. The minimum absolute atomic E-state index is 0.140. The zero-order valence-corrected chi connectivity index (χ0v) is 14.7. The molecule has 0 aromatic heterocycles. The summed E-state index contributed by atoms with van der Waals surface area (Å²) in [5.74, 6) is -0.553. The lowest BCUT2D eigenvalue weighted by Crippen LogP contribution is -2.26. The van der Waals surface area contributed by atoms with Crippen molar-refractivity contribution in [1.82, 2.24) is 5.32 Å². The number of carbonyl (C=O) groups excluding carboxylic acids is 2. The first-order valence-corrected chi connectivity index (χ1v) is 8.35. The van der Waals surface area contributed by atoms with E-state index in [1.54, 1.807) is 30.3 Å². The molecule has 2 rings (SSSR count). The average Bonchev–Trinajstić information content (AvgIpc) is 2.60. The van der Waals surface area contributed by atoms with E-state index >= 15 is 0 Å². The van der Waals surface area contributed by atoms with Crippen LogP contribution in [0.1, 0.15) is 22.3 Å². The van der Waals surface area contributed by atoms with E-state index in [0.29, 0.717) is 5.56 Å². The van der Waals surface area contributed by atoms with Crippen LogP contribution < -0.4 is 5.32 Å². The van der Waals surface area contributed by atoms with Gasteiger partial charge in [-0.05, 0) is 35.9 Å². The molecule has 0 saturated carbocycles. The summed E-state index contributed by atoms with van der Waals surface area (Å²) in [6, 6.07) is 16.8. The third-order valence-electron chi connectivity index (χ3n) is 3.17. The van der Waals surface area contributed by atoms with Gasteiger partial charge in [0.05, 0.1) is 6.42 Å². The largest absolute Gasteiger partial charge is 0.461 e. The van der Waals surface area contributed by atoms with Crippen molar-refractivity contribution in [3.05, 3.63) is 76.3 Å². The van der Waals surface area contributed by atoms with Gasteiger partial charge in [0.1, 0.15) is 6.61 Å². The lowest BCUT2D eigenvalue weighted by atomic mass is 10.2. The van der Waals surface area contributed by atoms with Crippen LogP contribution in [-0.4, -0.2) is 25.0 Å². The topological polar surface area (TPSA) is 55.4 Å². The van der Waals surface area contributed by atoms with Gasteiger partial charge in [0.15, 0.2) is 0 Å². The monoisotopic (exact) mass is 387 g/mol. The van der Waals surface area contributed by atoms with Gasteiger partial charge in [0.2, 0.25) is 0 Å². The normalized spacial score (nSPS) is 10.5. The Hall–Kier alpha value is -2.40. The average molecular weight is 388 g/mol. The molecule has 0 aliphatic heterocycles. The highest BCUT2D eigenvalue weighted by molar-refractivity contribution is 9.10. The summed E-state index contributed by atoms with van der Waals surface area (Å²) in [5.41, 5.74) is 1.60. The number of rotatable bonds is 7. The van der Waals surface area contributed by atoms with Crippen molar-refractivity contribution in [2.75, 3.05) is 13.2 Å². The molecule has 0 heterocycles. The van der Waals surface area contributed by atoms with Crippen molar-refractivity contribution in [2.45, 2.75) is 6.42 Å². The van der Waals surface area contributed by atoms with Crippen LogP contribution in [0, 0.1) is 0 Å². The zero-order valence-electron chi connectivity index (χ0n) is 13.1. The molecular formula is C19H18BrNO3. The number of amides is 1. The van der Waals surface area contributed by atoms with Crippen LogP contribution in [0.3, 0.4) is 0 Å². The van der Waals surface area contributed by atoms with Crippen LogP contribution in [0.5, 0.6) is 0 Å². The zero-order chi connectivity index (χ0) is 17.2. The molecule has 0 bridgehead atoms. The van der Waals surface area contributed by atoms with Crippen LogP contribution in [0.4, 0.5) is 0 Å². The van der Waals surface area contributed by atoms with Gasteiger partial charge in [0, 0.05) is 16.6 Å². The van der Waals surface area contributed by atoms with Gasteiger partial charge in [-0.25, -0.2) is 0 Å². The number of halogens is 1. The molecule has 0 radical (unpaired) electrons. The first-order valence-electron chi connectivity index (χ1n) is 7.56. The van der Waals surface area contributed by atoms with Crippen LogP contribution in [0.2, 0.25) is 0 Å². The van der Waals surface area contributed by atoms with Crippen molar-refractivity contribution in [3.63, 3.8) is 0 Å². The highest BCUT2D eigenvalue weighted by Crippen LogP contribution is 2.10. The molecule has 2 aromatic carbocycles. The van der Waals surface area contributed by atoms with E-state index in [1.165, 1.54) is 0 Å². The number of esters is 1. The van der Waals surface area contributed by atoms with Crippen LogP contribution >= 0.6 is 15.9 Å². The fourth-order valence-electron chi connectivity index (χ4n) is 1.94. The number of hydrogen-bond acceptors (Lipinski definition) is 3. The van der Waals surface area contributed by atoms with Gasteiger partial charge >= 0.3 is 5.97 Å². The lowest BCUT2D eigenvalue weighted by Gasteiger charge is -2.05. The standard InChI is InChI=1S/C19H18BrNO3/c20-17-10-8-16(9-11-17)19(23)21-13-12-18(22)24-14-4-7-15-5-2-1-3-6-15/h1-11H,12-14H2,(H,21,23)/b7-4+. The lowest BCUT2D eigenvalue weighted by molar-refractivity contribution is -0.142. The number of carbonyl (C=O) groups is 2. The van der Waals surface area contributed by atoms with Crippen molar-refractivity contribution in [3.8, 4) is 0 Å². The van der Waals surface area contributed by atoms with E-state index in [4.69, 9.17) is 4.74 Å². The van der Waals surface area contributed by atoms with Gasteiger partial charge in [-0.2, -0.15) is 0 Å². The molecule has 4 nitrogen and oxygen atoms in total. The molecule has 0 aliphatic rings.